The zero-order valence-electron chi connectivity index (χ0n) is 13.3. The van der Waals surface area contributed by atoms with Crippen LogP contribution in [0, 0.1) is 11.8 Å². The van der Waals surface area contributed by atoms with E-state index in [2.05, 4.69) is 31.0 Å². The Kier molecular flexibility index (Phi) is 6.15. The molecular weight excluding hydrogens is 232 g/mol. The lowest BCUT2D eigenvalue weighted by Crippen LogP contribution is -2.41. The zero-order chi connectivity index (χ0) is 13.7. The fraction of sp³-hybridized carbons (Fsp3) is 1.00. The number of nitrogens with zero attached hydrogens (tertiary/aromatic N) is 1. The summed E-state index contributed by atoms with van der Waals surface area (Å²) in [6.07, 6.45) is 9.67. The quantitative estimate of drug-likeness (QED) is 0.817. The summed E-state index contributed by atoms with van der Waals surface area (Å²) >= 11 is 0. The minimum atomic E-state index is 0.782. The monoisotopic (exact) mass is 266 g/mol. The van der Waals surface area contributed by atoms with Gasteiger partial charge in [0.25, 0.3) is 0 Å². The van der Waals surface area contributed by atoms with Crippen LogP contribution in [0.4, 0.5) is 0 Å². The van der Waals surface area contributed by atoms with Gasteiger partial charge in [-0.15, -0.1) is 0 Å². The maximum Gasteiger partial charge on any atom is 0.00980 e. The van der Waals surface area contributed by atoms with Crippen molar-refractivity contribution < 1.29 is 0 Å². The second kappa shape index (κ2) is 7.64. The number of rotatable bonds is 5. The third-order valence-corrected chi connectivity index (χ3v) is 5.56. The van der Waals surface area contributed by atoms with E-state index >= 15 is 0 Å². The van der Waals surface area contributed by atoms with Crippen LogP contribution in [0.3, 0.4) is 0 Å². The second-order valence-electron chi connectivity index (χ2n) is 6.85. The Morgan fingerprint density at radius 2 is 1.89 bits per heavy atom. The molecule has 1 aliphatic carbocycles. The molecule has 19 heavy (non-hydrogen) atoms. The largest absolute Gasteiger partial charge is 0.311 e. The van der Waals surface area contributed by atoms with E-state index in [0.717, 1.165) is 23.9 Å². The minimum absolute atomic E-state index is 0.782. The average molecular weight is 266 g/mol. The zero-order valence-corrected chi connectivity index (χ0v) is 13.3. The molecule has 2 rings (SSSR count). The number of likely N-dealkylation sites (tertiary alicyclic amines) is 1. The van der Waals surface area contributed by atoms with Gasteiger partial charge in [-0.25, -0.2) is 0 Å². The lowest BCUT2D eigenvalue weighted by Gasteiger charge is -2.26. The van der Waals surface area contributed by atoms with Gasteiger partial charge in [0.1, 0.15) is 0 Å². The lowest BCUT2D eigenvalue weighted by molar-refractivity contribution is 0.275. The molecule has 4 unspecified atom stereocenters. The number of hydrogen-bond acceptors (Lipinski definition) is 2. The summed E-state index contributed by atoms with van der Waals surface area (Å²) in [5.74, 6) is 1.86. The summed E-state index contributed by atoms with van der Waals surface area (Å²) in [6, 6.07) is 1.58. The Bertz CT molecular complexity index is 254. The van der Waals surface area contributed by atoms with Crippen molar-refractivity contribution in [2.24, 2.45) is 11.8 Å². The highest BCUT2D eigenvalue weighted by molar-refractivity contribution is 4.89. The number of nitrogens with one attached hydrogen (secondary N) is 1. The average Bonchev–Trinajstić information content (AvgIpc) is 2.62. The Balaban J connectivity index is 1.77. The van der Waals surface area contributed by atoms with Gasteiger partial charge < -0.3 is 10.2 Å². The summed E-state index contributed by atoms with van der Waals surface area (Å²) in [7, 11) is 0. The van der Waals surface area contributed by atoms with Gasteiger partial charge in [0.2, 0.25) is 0 Å². The van der Waals surface area contributed by atoms with Gasteiger partial charge in [-0.3, -0.25) is 0 Å². The molecule has 2 fully saturated rings. The molecule has 0 radical (unpaired) electrons. The van der Waals surface area contributed by atoms with Gasteiger partial charge in [-0.1, -0.05) is 27.2 Å². The van der Waals surface area contributed by atoms with Gasteiger partial charge in [0.15, 0.2) is 0 Å². The molecule has 1 saturated carbocycles. The van der Waals surface area contributed by atoms with E-state index in [1.54, 1.807) is 0 Å². The van der Waals surface area contributed by atoms with Crippen LogP contribution < -0.4 is 5.32 Å². The molecule has 1 heterocycles. The molecule has 0 aromatic heterocycles. The van der Waals surface area contributed by atoms with E-state index in [1.807, 2.05) is 0 Å². The van der Waals surface area contributed by atoms with E-state index in [4.69, 9.17) is 0 Å². The summed E-state index contributed by atoms with van der Waals surface area (Å²) in [4.78, 5) is 2.66. The Labute approximate surface area is 120 Å². The van der Waals surface area contributed by atoms with Crippen molar-refractivity contribution in [3.8, 4) is 0 Å². The van der Waals surface area contributed by atoms with E-state index in [1.165, 1.54) is 64.6 Å². The fourth-order valence-electron chi connectivity index (χ4n) is 4.22. The predicted octanol–water partition coefficient (Wildman–Crippen LogP) is 3.67. The third-order valence-electron chi connectivity index (χ3n) is 5.56. The lowest BCUT2D eigenvalue weighted by atomic mass is 9.93. The maximum absolute atomic E-state index is 4.01. The van der Waals surface area contributed by atoms with E-state index in [0.29, 0.717) is 0 Å². The standard InChI is InChI=1S/C17H34N2/c1-4-11-19-12-6-7-16(10-13-19)18-17-9-8-15(5-2)14(17)3/h14-18H,4-13H2,1-3H3. The molecule has 2 nitrogen and oxygen atoms in total. The van der Waals surface area contributed by atoms with Gasteiger partial charge in [-0.2, -0.15) is 0 Å². The Morgan fingerprint density at radius 3 is 2.58 bits per heavy atom. The molecular formula is C17H34N2. The molecule has 0 bridgehead atoms. The highest BCUT2D eigenvalue weighted by Gasteiger charge is 2.32. The normalized spacial score (nSPS) is 37.4. The molecule has 0 spiro atoms. The first-order valence-electron chi connectivity index (χ1n) is 8.73. The van der Waals surface area contributed by atoms with Gasteiger partial charge in [-0.05, 0) is 70.0 Å². The van der Waals surface area contributed by atoms with Crippen molar-refractivity contribution in [1.82, 2.24) is 10.2 Å². The minimum Gasteiger partial charge on any atom is -0.311 e. The molecule has 0 amide bonds. The molecule has 0 aromatic rings. The molecule has 2 aliphatic rings. The summed E-state index contributed by atoms with van der Waals surface area (Å²) in [6.45, 7) is 11.1. The summed E-state index contributed by atoms with van der Waals surface area (Å²) < 4.78 is 0. The van der Waals surface area contributed by atoms with Crippen LogP contribution in [0.15, 0.2) is 0 Å². The van der Waals surface area contributed by atoms with Gasteiger partial charge >= 0.3 is 0 Å². The van der Waals surface area contributed by atoms with Crippen LogP contribution in [0.5, 0.6) is 0 Å². The predicted molar refractivity (Wildman–Crippen MR) is 83.5 cm³/mol. The van der Waals surface area contributed by atoms with E-state index < -0.39 is 0 Å². The molecule has 4 atom stereocenters. The number of hydrogen-bond donors (Lipinski definition) is 1. The van der Waals surface area contributed by atoms with Gasteiger partial charge in [0.05, 0.1) is 0 Å². The van der Waals surface area contributed by atoms with Crippen molar-refractivity contribution in [1.29, 1.82) is 0 Å². The first-order chi connectivity index (χ1) is 9.24. The van der Waals surface area contributed by atoms with Crippen LogP contribution in [0.1, 0.15) is 65.7 Å². The van der Waals surface area contributed by atoms with Crippen LogP contribution in [0.25, 0.3) is 0 Å². The molecule has 0 aromatic carbocycles. The molecule has 2 heteroatoms. The Morgan fingerprint density at radius 1 is 1.05 bits per heavy atom. The molecule has 1 aliphatic heterocycles. The highest BCUT2D eigenvalue weighted by atomic mass is 15.1. The SMILES string of the molecule is CCCN1CCCC(NC2CCC(CC)C2C)CC1. The summed E-state index contributed by atoms with van der Waals surface area (Å²) in [5, 5.41) is 4.01. The van der Waals surface area contributed by atoms with Crippen LogP contribution >= 0.6 is 0 Å². The van der Waals surface area contributed by atoms with E-state index in [9.17, 15) is 0 Å². The Hall–Kier alpha value is -0.0800. The van der Waals surface area contributed by atoms with Crippen molar-refractivity contribution in [3.63, 3.8) is 0 Å². The first kappa shape index (κ1) is 15.3. The van der Waals surface area contributed by atoms with Crippen molar-refractivity contribution >= 4 is 0 Å². The molecule has 1 saturated heterocycles. The highest BCUT2D eigenvalue weighted by Crippen LogP contribution is 2.34. The molecule has 112 valence electrons. The summed E-state index contributed by atoms with van der Waals surface area (Å²) in [5.41, 5.74) is 0. The second-order valence-corrected chi connectivity index (χ2v) is 6.85. The fourth-order valence-corrected chi connectivity index (χ4v) is 4.22. The first-order valence-corrected chi connectivity index (χ1v) is 8.73. The van der Waals surface area contributed by atoms with Crippen molar-refractivity contribution in [2.75, 3.05) is 19.6 Å². The third kappa shape index (κ3) is 4.19. The van der Waals surface area contributed by atoms with E-state index in [-0.39, 0.29) is 0 Å². The van der Waals surface area contributed by atoms with Crippen LogP contribution in [-0.4, -0.2) is 36.6 Å². The maximum atomic E-state index is 4.01. The van der Waals surface area contributed by atoms with Crippen molar-refractivity contribution in [2.45, 2.75) is 77.8 Å². The van der Waals surface area contributed by atoms with Crippen molar-refractivity contribution in [3.05, 3.63) is 0 Å². The smallest absolute Gasteiger partial charge is 0.00980 e. The molecule has 1 N–H and O–H groups in total. The van der Waals surface area contributed by atoms with Gasteiger partial charge in [0, 0.05) is 12.1 Å². The van der Waals surface area contributed by atoms with Crippen LogP contribution in [-0.2, 0) is 0 Å². The topological polar surface area (TPSA) is 15.3 Å². The van der Waals surface area contributed by atoms with Crippen LogP contribution in [0.2, 0.25) is 0 Å².